The van der Waals surface area contributed by atoms with Crippen molar-refractivity contribution in [3.63, 3.8) is 0 Å². The van der Waals surface area contributed by atoms with E-state index in [0.29, 0.717) is 12.5 Å². The molecule has 1 unspecified atom stereocenters. The zero-order valence-corrected chi connectivity index (χ0v) is 20.8. The van der Waals surface area contributed by atoms with E-state index < -0.39 is 0 Å². The fourth-order valence-corrected chi connectivity index (χ4v) is 3.91. The topological polar surface area (TPSA) is 77.0 Å². The van der Waals surface area contributed by atoms with Crippen molar-refractivity contribution in [2.45, 2.75) is 66.3 Å². The fourth-order valence-electron chi connectivity index (χ4n) is 3.91. The van der Waals surface area contributed by atoms with E-state index in [1.165, 1.54) is 18.3 Å². The van der Waals surface area contributed by atoms with Crippen LogP contribution in [-0.4, -0.2) is 24.8 Å². The van der Waals surface area contributed by atoms with Gasteiger partial charge in [-0.1, -0.05) is 40.7 Å². The molecule has 5 nitrogen and oxygen atoms in total. The summed E-state index contributed by atoms with van der Waals surface area (Å²) in [5.41, 5.74) is 3.28. The van der Waals surface area contributed by atoms with Crippen LogP contribution in [0, 0.1) is 22.6 Å². The summed E-state index contributed by atoms with van der Waals surface area (Å²) in [5.74, 6) is 0.386. The summed E-state index contributed by atoms with van der Waals surface area (Å²) in [6, 6.07) is 12.3. The van der Waals surface area contributed by atoms with Gasteiger partial charge in [-0.2, -0.15) is 0 Å². The summed E-state index contributed by atoms with van der Waals surface area (Å²) >= 11 is 0. The molecule has 0 heterocycles. The molecule has 0 saturated carbocycles. The number of hydrogen-bond donors (Lipinski definition) is 4. The molecule has 0 aliphatic heterocycles. The van der Waals surface area contributed by atoms with Crippen molar-refractivity contribution in [3.05, 3.63) is 59.4 Å². The molecule has 0 aromatic heterocycles. The van der Waals surface area contributed by atoms with Crippen molar-refractivity contribution in [3.8, 4) is 0 Å². The van der Waals surface area contributed by atoms with Gasteiger partial charge in [-0.3, -0.25) is 0 Å². The molecule has 2 aromatic carbocycles. The van der Waals surface area contributed by atoms with E-state index in [9.17, 15) is 9.18 Å². The number of benzene rings is 2. The molecule has 2 aromatic rings. The van der Waals surface area contributed by atoms with E-state index in [1.807, 2.05) is 26.0 Å². The molecule has 180 valence electrons. The predicted molar refractivity (Wildman–Crippen MR) is 136 cm³/mol. The van der Waals surface area contributed by atoms with Crippen LogP contribution in [0.25, 0.3) is 0 Å². The average Bonchev–Trinajstić information content (AvgIpc) is 2.77. The third kappa shape index (κ3) is 7.88. The molecule has 0 bridgehead atoms. The summed E-state index contributed by atoms with van der Waals surface area (Å²) in [5, 5.41) is 17.2. The van der Waals surface area contributed by atoms with Gasteiger partial charge in [0, 0.05) is 35.7 Å². The second-order valence-electron chi connectivity index (χ2n) is 9.93. The van der Waals surface area contributed by atoms with Gasteiger partial charge < -0.3 is 21.4 Å². The highest BCUT2D eigenvalue weighted by molar-refractivity contribution is 5.87. The lowest BCUT2D eigenvalue weighted by Crippen LogP contribution is -2.45. The van der Waals surface area contributed by atoms with Crippen molar-refractivity contribution in [1.29, 1.82) is 5.41 Å². The van der Waals surface area contributed by atoms with Gasteiger partial charge in [-0.25, -0.2) is 9.18 Å². The highest BCUT2D eigenvalue weighted by atomic mass is 19.1. The Morgan fingerprint density at radius 2 is 1.79 bits per heavy atom. The maximum atomic E-state index is 13.2. The summed E-state index contributed by atoms with van der Waals surface area (Å²) in [6.07, 6.45) is 3.19. The van der Waals surface area contributed by atoms with Gasteiger partial charge in [-0.05, 0) is 79.0 Å². The first-order chi connectivity index (χ1) is 15.6. The molecule has 4 N–H and O–H groups in total. The molecule has 0 aliphatic rings. The highest BCUT2D eigenvalue weighted by Gasteiger charge is 2.32. The lowest BCUT2D eigenvalue weighted by molar-refractivity contribution is 0.215. The van der Waals surface area contributed by atoms with Gasteiger partial charge in [0.1, 0.15) is 5.82 Å². The second kappa shape index (κ2) is 11.8. The summed E-state index contributed by atoms with van der Waals surface area (Å²) in [6.45, 7) is 13.3. The van der Waals surface area contributed by atoms with Crippen molar-refractivity contribution in [1.82, 2.24) is 10.6 Å². The number of halogens is 1. The van der Waals surface area contributed by atoms with E-state index in [2.05, 4.69) is 49.7 Å². The minimum atomic E-state index is -0.284. The predicted octanol–water partition coefficient (Wildman–Crippen LogP) is 6.82. The lowest BCUT2D eigenvalue weighted by Gasteiger charge is -2.36. The Morgan fingerprint density at radius 3 is 2.36 bits per heavy atom. The second-order valence-corrected chi connectivity index (χ2v) is 9.93. The molecular formula is C27H39FN4O. The Bertz CT molecular complexity index is 924. The largest absolute Gasteiger partial charge is 0.355 e. The third-order valence-corrected chi connectivity index (χ3v) is 6.10. The van der Waals surface area contributed by atoms with Gasteiger partial charge in [0.05, 0.1) is 0 Å². The Morgan fingerprint density at radius 1 is 1.12 bits per heavy atom. The number of hydrogen-bond acceptors (Lipinski definition) is 3. The van der Waals surface area contributed by atoms with Crippen molar-refractivity contribution < 1.29 is 9.18 Å². The maximum Gasteiger partial charge on any atom is 0.315 e. The highest BCUT2D eigenvalue weighted by Crippen LogP contribution is 2.41. The number of rotatable bonds is 11. The Balaban J connectivity index is 2.25. The number of carbonyl (C=O) groups excluding carboxylic acids is 1. The van der Waals surface area contributed by atoms with E-state index in [1.54, 1.807) is 12.1 Å². The maximum absolute atomic E-state index is 13.2. The Kier molecular flexibility index (Phi) is 9.44. The van der Waals surface area contributed by atoms with Crippen molar-refractivity contribution in [2.75, 3.05) is 11.9 Å². The van der Waals surface area contributed by atoms with E-state index in [4.69, 9.17) is 5.41 Å². The van der Waals surface area contributed by atoms with E-state index >= 15 is 0 Å². The van der Waals surface area contributed by atoms with Crippen LogP contribution < -0.4 is 16.0 Å². The van der Waals surface area contributed by atoms with Crippen molar-refractivity contribution in [2.24, 2.45) is 11.3 Å². The van der Waals surface area contributed by atoms with Crippen molar-refractivity contribution >= 4 is 23.6 Å². The van der Waals surface area contributed by atoms with Gasteiger partial charge in [0.2, 0.25) is 0 Å². The summed E-state index contributed by atoms with van der Waals surface area (Å²) in [4.78, 5) is 12.3. The first-order valence-corrected chi connectivity index (χ1v) is 11.8. The molecule has 0 aliphatic carbocycles. The molecule has 0 saturated heterocycles. The normalized spacial score (nSPS) is 13.3. The molecule has 33 heavy (non-hydrogen) atoms. The minimum Gasteiger partial charge on any atom is -0.355 e. The van der Waals surface area contributed by atoms with Crippen LogP contribution in [0.4, 0.5) is 20.6 Å². The molecule has 2 amide bonds. The molecule has 2 atom stereocenters. The smallest absolute Gasteiger partial charge is 0.315 e. The van der Waals surface area contributed by atoms with Gasteiger partial charge >= 0.3 is 6.03 Å². The van der Waals surface area contributed by atoms with Gasteiger partial charge in [0.25, 0.3) is 0 Å². The quantitative estimate of drug-likeness (QED) is 0.281. The lowest BCUT2D eigenvalue weighted by atomic mass is 9.71. The van der Waals surface area contributed by atoms with Crippen LogP contribution >= 0.6 is 0 Å². The molecular weight excluding hydrogens is 415 g/mol. The molecule has 6 heteroatoms. The number of anilines is 2. The molecule has 0 spiro atoms. The van der Waals surface area contributed by atoms with Crippen LogP contribution in [-0.2, 0) is 0 Å². The van der Waals surface area contributed by atoms with Crippen LogP contribution in [0.3, 0.4) is 0 Å². The summed E-state index contributed by atoms with van der Waals surface area (Å²) in [7, 11) is 0. The number of carbonyl (C=O) groups is 1. The van der Waals surface area contributed by atoms with E-state index in [-0.39, 0.29) is 29.2 Å². The van der Waals surface area contributed by atoms with Crippen LogP contribution in [0.5, 0.6) is 0 Å². The first-order valence-electron chi connectivity index (χ1n) is 11.8. The van der Waals surface area contributed by atoms with E-state index in [0.717, 1.165) is 35.3 Å². The Hall–Kier alpha value is -2.89. The van der Waals surface area contributed by atoms with Crippen LogP contribution in [0.2, 0.25) is 0 Å². The average molecular weight is 455 g/mol. The molecule has 2 rings (SSSR count). The molecule has 0 fully saturated rings. The number of amides is 2. The Labute approximate surface area is 198 Å². The monoisotopic (exact) mass is 454 g/mol. The number of urea groups is 1. The standard InChI is InChI=1S/C27H39FN4O/c1-7-19(4)31-26(33)30-17-27(5,6)24(14-18(2)3)20-8-13-25(21(15-20)16-29)32-23-11-9-22(28)10-12-23/h8-13,15-16,18-19,24,29,32H,7,14,17H2,1-6H3,(H2,30,31,33)/t19-,24?/m1/s1. The summed E-state index contributed by atoms with van der Waals surface area (Å²) < 4.78 is 13.2. The zero-order chi connectivity index (χ0) is 24.6. The third-order valence-electron chi connectivity index (χ3n) is 6.10. The fraction of sp³-hybridized carbons (Fsp3) is 0.481. The first kappa shape index (κ1) is 26.4. The zero-order valence-electron chi connectivity index (χ0n) is 20.8. The van der Waals surface area contributed by atoms with Gasteiger partial charge in [0.15, 0.2) is 0 Å². The van der Waals surface area contributed by atoms with Gasteiger partial charge in [-0.15, -0.1) is 0 Å². The van der Waals surface area contributed by atoms with Crippen LogP contribution in [0.1, 0.15) is 71.4 Å². The molecule has 0 radical (unpaired) electrons. The SMILES string of the molecule is CC[C@@H](C)NC(=O)NCC(C)(C)C(CC(C)C)c1ccc(Nc2ccc(F)cc2)c(C=N)c1. The van der Waals surface area contributed by atoms with Crippen LogP contribution in [0.15, 0.2) is 42.5 Å². The minimum absolute atomic E-state index is 0.135. The number of nitrogens with one attached hydrogen (secondary N) is 4.